The molecule has 1 aromatic carbocycles. The zero-order valence-corrected chi connectivity index (χ0v) is 10.6. The maximum atomic E-state index is 6.03. The molecule has 3 heteroatoms. The number of furan rings is 1. The normalized spacial score (nSPS) is 10.7. The van der Waals surface area contributed by atoms with E-state index in [1.807, 2.05) is 30.3 Å². The van der Waals surface area contributed by atoms with E-state index in [9.17, 15) is 0 Å². The summed E-state index contributed by atoms with van der Waals surface area (Å²) < 4.78 is 5.44. The van der Waals surface area contributed by atoms with Crippen molar-refractivity contribution in [3.05, 3.63) is 47.2 Å². The predicted octanol–water partition coefficient (Wildman–Crippen LogP) is 4.10. The highest BCUT2D eigenvalue weighted by molar-refractivity contribution is 6.30. The molecule has 0 saturated heterocycles. The van der Waals surface area contributed by atoms with Gasteiger partial charge in [0.15, 0.2) is 0 Å². The van der Waals surface area contributed by atoms with Crippen molar-refractivity contribution in [1.29, 1.82) is 0 Å². The molecule has 0 atom stereocenters. The minimum absolute atomic E-state index is 0.732. The molecular formula is C14H16ClNO. The Morgan fingerprint density at radius 1 is 1.29 bits per heavy atom. The average molecular weight is 250 g/mol. The van der Waals surface area contributed by atoms with Crippen LogP contribution < -0.4 is 5.32 Å². The van der Waals surface area contributed by atoms with E-state index in [0.29, 0.717) is 0 Å². The molecule has 90 valence electrons. The first-order valence-electron chi connectivity index (χ1n) is 5.84. The van der Waals surface area contributed by atoms with E-state index < -0.39 is 0 Å². The second-order valence-corrected chi connectivity index (χ2v) is 4.39. The van der Waals surface area contributed by atoms with Gasteiger partial charge in [-0.2, -0.15) is 0 Å². The number of nitrogens with one attached hydrogen (secondary N) is 1. The largest absolute Gasteiger partial charge is 0.464 e. The number of halogens is 1. The fourth-order valence-electron chi connectivity index (χ4n) is 1.76. The summed E-state index contributed by atoms with van der Waals surface area (Å²) in [5.74, 6) is 0.862. The Kier molecular flexibility index (Phi) is 4.24. The molecule has 2 rings (SSSR count). The average Bonchev–Trinajstić information content (AvgIpc) is 2.85. The summed E-state index contributed by atoms with van der Waals surface area (Å²) in [6, 6.07) is 9.75. The summed E-state index contributed by atoms with van der Waals surface area (Å²) in [6.07, 6.45) is 2.81. The fourth-order valence-corrected chi connectivity index (χ4v) is 1.94. The van der Waals surface area contributed by atoms with Gasteiger partial charge in [0.05, 0.1) is 6.26 Å². The summed E-state index contributed by atoms with van der Waals surface area (Å²) in [6.45, 7) is 4.00. The van der Waals surface area contributed by atoms with Gasteiger partial charge in [-0.1, -0.05) is 24.6 Å². The van der Waals surface area contributed by atoms with Gasteiger partial charge in [0, 0.05) is 17.1 Å². The molecule has 0 fully saturated rings. The lowest BCUT2D eigenvalue weighted by molar-refractivity contribution is 0.580. The highest BCUT2D eigenvalue weighted by atomic mass is 35.5. The maximum Gasteiger partial charge on any atom is 0.134 e. The number of rotatable bonds is 5. The van der Waals surface area contributed by atoms with Gasteiger partial charge < -0.3 is 9.73 Å². The van der Waals surface area contributed by atoms with E-state index in [2.05, 4.69) is 12.2 Å². The molecule has 0 unspecified atom stereocenters. The number of hydrogen-bond acceptors (Lipinski definition) is 2. The van der Waals surface area contributed by atoms with Crippen molar-refractivity contribution in [2.75, 3.05) is 6.54 Å². The third-order valence-electron chi connectivity index (χ3n) is 2.60. The van der Waals surface area contributed by atoms with Crippen LogP contribution in [0.5, 0.6) is 0 Å². The van der Waals surface area contributed by atoms with Gasteiger partial charge in [-0.25, -0.2) is 0 Å². The smallest absolute Gasteiger partial charge is 0.134 e. The Balaban J connectivity index is 2.25. The van der Waals surface area contributed by atoms with Crippen LogP contribution in [0.1, 0.15) is 18.9 Å². The van der Waals surface area contributed by atoms with Crippen molar-refractivity contribution < 1.29 is 4.42 Å². The quantitative estimate of drug-likeness (QED) is 0.807. The summed E-state index contributed by atoms with van der Waals surface area (Å²) >= 11 is 6.03. The van der Waals surface area contributed by atoms with Crippen molar-refractivity contribution in [3.8, 4) is 11.3 Å². The summed E-state index contributed by atoms with van der Waals surface area (Å²) in [5, 5.41) is 4.12. The molecule has 2 aromatic rings. The first-order valence-corrected chi connectivity index (χ1v) is 6.22. The number of benzene rings is 1. The SMILES string of the molecule is CCCNCc1ccc(Cl)cc1-c1ccco1. The summed E-state index contributed by atoms with van der Waals surface area (Å²) in [5.41, 5.74) is 2.27. The van der Waals surface area contributed by atoms with E-state index in [1.54, 1.807) is 6.26 Å². The third-order valence-corrected chi connectivity index (χ3v) is 2.84. The Bertz CT molecular complexity index is 465. The fraction of sp³-hybridized carbons (Fsp3) is 0.286. The Morgan fingerprint density at radius 3 is 2.88 bits per heavy atom. The van der Waals surface area contributed by atoms with Crippen LogP contribution in [0.25, 0.3) is 11.3 Å². The molecule has 1 heterocycles. The molecule has 0 aliphatic heterocycles. The number of hydrogen-bond donors (Lipinski definition) is 1. The Labute approximate surface area is 107 Å². The van der Waals surface area contributed by atoms with Crippen LogP contribution in [-0.4, -0.2) is 6.54 Å². The lowest BCUT2D eigenvalue weighted by Gasteiger charge is -2.09. The second-order valence-electron chi connectivity index (χ2n) is 3.96. The highest BCUT2D eigenvalue weighted by Crippen LogP contribution is 2.27. The molecule has 1 N–H and O–H groups in total. The third kappa shape index (κ3) is 3.11. The van der Waals surface area contributed by atoms with Crippen LogP contribution in [0.15, 0.2) is 41.0 Å². The topological polar surface area (TPSA) is 25.2 Å². The van der Waals surface area contributed by atoms with Gasteiger partial charge in [-0.15, -0.1) is 0 Å². The highest BCUT2D eigenvalue weighted by Gasteiger charge is 2.08. The molecule has 0 amide bonds. The van der Waals surface area contributed by atoms with Gasteiger partial charge in [-0.05, 0) is 42.8 Å². The van der Waals surface area contributed by atoms with E-state index in [0.717, 1.165) is 35.9 Å². The maximum absolute atomic E-state index is 6.03. The molecule has 0 radical (unpaired) electrons. The standard InChI is InChI=1S/C14H16ClNO/c1-2-7-16-10-11-5-6-12(15)9-13(11)14-4-3-8-17-14/h3-6,8-9,16H,2,7,10H2,1H3. The van der Waals surface area contributed by atoms with Crippen molar-refractivity contribution >= 4 is 11.6 Å². The summed E-state index contributed by atoms with van der Waals surface area (Å²) in [7, 11) is 0. The minimum Gasteiger partial charge on any atom is -0.464 e. The minimum atomic E-state index is 0.732. The van der Waals surface area contributed by atoms with Crippen LogP contribution in [0.3, 0.4) is 0 Å². The molecule has 0 saturated carbocycles. The molecule has 0 aliphatic rings. The molecule has 0 spiro atoms. The van der Waals surface area contributed by atoms with Crippen molar-refractivity contribution in [3.63, 3.8) is 0 Å². The van der Waals surface area contributed by atoms with Crippen LogP contribution in [-0.2, 0) is 6.54 Å². The Morgan fingerprint density at radius 2 is 2.18 bits per heavy atom. The zero-order chi connectivity index (χ0) is 12.1. The predicted molar refractivity (Wildman–Crippen MR) is 71.2 cm³/mol. The van der Waals surface area contributed by atoms with Crippen LogP contribution in [0.2, 0.25) is 5.02 Å². The van der Waals surface area contributed by atoms with Crippen LogP contribution >= 0.6 is 11.6 Å². The van der Waals surface area contributed by atoms with E-state index in [1.165, 1.54) is 5.56 Å². The van der Waals surface area contributed by atoms with Gasteiger partial charge in [-0.3, -0.25) is 0 Å². The zero-order valence-electron chi connectivity index (χ0n) is 9.87. The van der Waals surface area contributed by atoms with Crippen molar-refractivity contribution in [2.45, 2.75) is 19.9 Å². The lowest BCUT2D eigenvalue weighted by Crippen LogP contribution is -2.14. The molecule has 2 nitrogen and oxygen atoms in total. The molecule has 17 heavy (non-hydrogen) atoms. The summed E-state index contributed by atoms with van der Waals surface area (Å²) in [4.78, 5) is 0. The van der Waals surface area contributed by atoms with Gasteiger partial charge in [0.25, 0.3) is 0 Å². The molecular weight excluding hydrogens is 234 g/mol. The lowest BCUT2D eigenvalue weighted by atomic mass is 10.1. The van der Waals surface area contributed by atoms with E-state index in [4.69, 9.17) is 16.0 Å². The van der Waals surface area contributed by atoms with Crippen molar-refractivity contribution in [2.24, 2.45) is 0 Å². The van der Waals surface area contributed by atoms with Crippen LogP contribution in [0.4, 0.5) is 0 Å². The molecule has 0 aliphatic carbocycles. The first kappa shape index (κ1) is 12.2. The van der Waals surface area contributed by atoms with Gasteiger partial charge >= 0.3 is 0 Å². The second kappa shape index (κ2) is 5.89. The van der Waals surface area contributed by atoms with Crippen molar-refractivity contribution in [1.82, 2.24) is 5.32 Å². The Hall–Kier alpha value is -1.25. The monoisotopic (exact) mass is 249 g/mol. The van der Waals surface area contributed by atoms with E-state index >= 15 is 0 Å². The van der Waals surface area contributed by atoms with Gasteiger partial charge in [0.2, 0.25) is 0 Å². The van der Waals surface area contributed by atoms with E-state index in [-0.39, 0.29) is 0 Å². The van der Waals surface area contributed by atoms with Gasteiger partial charge in [0.1, 0.15) is 5.76 Å². The molecule has 0 bridgehead atoms. The molecule has 1 aromatic heterocycles. The first-order chi connectivity index (χ1) is 8.31. The van der Waals surface area contributed by atoms with Crippen LogP contribution in [0, 0.1) is 0 Å².